The highest BCUT2D eigenvalue weighted by Crippen LogP contribution is 2.24. The van der Waals surface area contributed by atoms with Crippen molar-refractivity contribution in [3.63, 3.8) is 0 Å². The monoisotopic (exact) mass is 406 g/mol. The molecule has 5 rings (SSSR count). The fourth-order valence-electron chi connectivity index (χ4n) is 3.78. The molecule has 0 atom stereocenters. The lowest BCUT2D eigenvalue weighted by molar-refractivity contribution is 1.01. The fourth-order valence-corrected chi connectivity index (χ4v) is 3.78. The number of nitrogens with zero attached hydrogens (tertiary/aromatic N) is 4. The lowest BCUT2D eigenvalue weighted by Crippen LogP contribution is -2.08. The van der Waals surface area contributed by atoms with Gasteiger partial charge in [0, 0.05) is 53.9 Å². The van der Waals surface area contributed by atoms with Gasteiger partial charge in [0.1, 0.15) is 11.5 Å². The minimum atomic E-state index is 0.590. The molecule has 6 nitrogen and oxygen atoms in total. The van der Waals surface area contributed by atoms with Crippen LogP contribution in [-0.2, 0) is 6.42 Å². The third-order valence-electron chi connectivity index (χ3n) is 5.27. The zero-order valence-electron chi connectivity index (χ0n) is 17.2. The molecule has 5 aromatic rings. The number of benzene rings is 1. The number of hydrogen-bond donors (Lipinski definition) is 2. The van der Waals surface area contributed by atoms with Crippen molar-refractivity contribution in [2.75, 3.05) is 11.9 Å². The summed E-state index contributed by atoms with van der Waals surface area (Å²) < 4.78 is 0. The largest absolute Gasteiger partial charge is 0.370 e. The molecule has 2 N–H and O–H groups in total. The predicted molar refractivity (Wildman–Crippen MR) is 124 cm³/mol. The summed E-state index contributed by atoms with van der Waals surface area (Å²) in [6.45, 7) is 2.91. The molecule has 0 aliphatic carbocycles. The van der Waals surface area contributed by atoms with Gasteiger partial charge in [0.15, 0.2) is 5.82 Å². The average Bonchev–Trinajstić information content (AvgIpc) is 3.24. The van der Waals surface area contributed by atoms with Crippen LogP contribution < -0.4 is 5.32 Å². The Labute approximate surface area is 180 Å². The van der Waals surface area contributed by atoms with Crippen LogP contribution in [0, 0.1) is 6.92 Å². The first-order chi connectivity index (χ1) is 15.3. The van der Waals surface area contributed by atoms with Crippen LogP contribution in [0.5, 0.6) is 0 Å². The number of anilines is 1. The van der Waals surface area contributed by atoms with Crippen molar-refractivity contribution in [2.45, 2.75) is 13.3 Å². The van der Waals surface area contributed by atoms with Gasteiger partial charge in [-0.1, -0.05) is 18.2 Å². The summed E-state index contributed by atoms with van der Waals surface area (Å²) in [5, 5.41) is 4.78. The zero-order chi connectivity index (χ0) is 21.0. The van der Waals surface area contributed by atoms with Gasteiger partial charge >= 0.3 is 0 Å². The molecule has 0 saturated heterocycles. The smallest absolute Gasteiger partial charge is 0.180 e. The van der Waals surface area contributed by atoms with E-state index in [-0.39, 0.29) is 0 Å². The number of fused-ring (bicyclic) bond motifs is 1. The van der Waals surface area contributed by atoms with E-state index < -0.39 is 0 Å². The first-order valence-electron chi connectivity index (χ1n) is 10.3. The van der Waals surface area contributed by atoms with Crippen LogP contribution in [0.2, 0.25) is 0 Å². The molecule has 0 spiro atoms. The summed E-state index contributed by atoms with van der Waals surface area (Å²) in [6.07, 6.45) is 8.30. The van der Waals surface area contributed by atoms with Gasteiger partial charge in [-0.05, 0) is 54.8 Å². The lowest BCUT2D eigenvalue weighted by atomic mass is 10.1. The molecule has 0 unspecified atom stereocenters. The normalized spacial score (nSPS) is 11.0. The molecule has 0 aliphatic heterocycles. The van der Waals surface area contributed by atoms with Gasteiger partial charge in [0.2, 0.25) is 0 Å². The average molecular weight is 406 g/mol. The van der Waals surface area contributed by atoms with Crippen LogP contribution in [0.1, 0.15) is 11.1 Å². The maximum absolute atomic E-state index is 4.73. The van der Waals surface area contributed by atoms with Gasteiger partial charge in [-0.2, -0.15) is 0 Å². The maximum Gasteiger partial charge on any atom is 0.180 e. The quantitative estimate of drug-likeness (QED) is 0.413. The molecule has 1 aromatic carbocycles. The van der Waals surface area contributed by atoms with Gasteiger partial charge in [-0.25, -0.2) is 9.97 Å². The summed E-state index contributed by atoms with van der Waals surface area (Å²) in [7, 11) is 0. The Kier molecular flexibility index (Phi) is 5.10. The van der Waals surface area contributed by atoms with E-state index in [9.17, 15) is 0 Å². The molecule has 0 fully saturated rings. The highest BCUT2D eigenvalue weighted by Gasteiger charge is 2.11. The number of H-pyrrole nitrogens is 1. The Bertz CT molecular complexity index is 1250. The molecule has 152 valence electrons. The van der Waals surface area contributed by atoms with Gasteiger partial charge in [-0.3, -0.25) is 9.97 Å². The molecule has 0 saturated carbocycles. The molecule has 0 amide bonds. The highest BCUT2D eigenvalue weighted by atomic mass is 15.0. The van der Waals surface area contributed by atoms with Crippen LogP contribution >= 0.6 is 0 Å². The van der Waals surface area contributed by atoms with Crippen molar-refractivity contribution in [2.24, 2.45) is 0 Å². The van der Waals surface area contributed by atoms with Crippen molar-refractivity contribution in [1.29, 1.82) is 0 Å². The Hall–Kier alpha value is -4.06. The molecular formula is C25H22N6. The summed E-state index contributed by atoms with van der Waals surface area (Å²) in [4.78, 5) is 21.5. The minimum Gasteiger partial charge on any atom is -0.370 e. The van der Waals surface area contributed by atoms with Crippen LogP contribution in [0.25, 0.3) is 33.7 Å². The van der Waals surface area contributed by atoms with Gasteiger partial charge in [0.25, 0.3) is 0 Å². The van der Waals surface area contributed by atoms with Crippen molar-refractivity contribution in [3.05, 3.63) is 90.5 Å². The summed E-state index contributed by atoms with van der Waals surface area (Å²) in [6, 6.07) is 18.0. The van der Waals surface area contributed by atoms with E-state index in [2.05, 4.69) is 51.6 Å². The molecule has 0 radical (unpaired) electrons. The maximum atomic E-state index is 4.73. The van der Waals surface area contributed by atoms with E-state index in [4.69, 9.17) is 9.97 Å². The Morgan fingerprint density at radius 1 is 0.935 bits per heavy atom. The molecule has 31 heavy (non-hydrogen) atoms. The molecule has 0 bridgehead atoms. The second kappa shape index (κ2) is 8.36. The number of aromatic amines is 1. The fraction of sp³-hybridized carbons (Fsp3) is 0.120. The summed E-state index contributed by atoms with van der Waals surface area (Å²) in [5.74, 6) is 1.36. The van der Waals surface area contributed by atoms with E-state index in [1.165, 1.54) is 22.0 Å². The second-order valence-corrected chi connectivity index (χ2v) is 7.41. The first-order valence-corrected chi connectivity index (χ1v) is 10.3. The minimum absolute atomic E-state index is 0.590. The molecule has 0 aliphatic rings. The predicted octanol–water partition coefficient (Wildman–Crippen LogP) is 5.04. The third-order valence-corrected chi connectivity index (χ3v) is 5.27. The summed E-state index contributed by atoms with van der Waals surface area (Å²) >= 11 is 0. The van der Waals surface area contributed by atoms with E-state index in [0.29, 0.717) is 5.82 Å². The number of aryl methyl sites for hydroxylation is 1. The first kappa shape index (κ1) is 18.9. The number of rotatable bonds is 6. The molecular weight excluding hydrogens is 384 g/mol. The number of nitrogens with one attached hydrogen (secondary N) is 2. The Balaban J connectivity index is 1.42. The molecule has 4 heterocycles. The third kappa shape index (κ3) is 4.00. The van der Waals surface area contributed by atoms with Crippen molar-refractivity contribution in [3.8, 4) is 22.8 Å². The van der Waals surface area contributed by atoms with E-state index in [0.717, 1.165) is 35.7 Å². The Morgan fingerprint density at radius 3 is 2.74 bits per heavy atom. The van der Waals surface area contributed by atoms with Gasteiger partial charge in [-0.15, -0.1) is 0 Å². The van der Waals surface area contributed by atoms with E-state index >= 15 is 0 Å². The van der Waals surface area contributed by atoms with Gasteiger partial charge in [0.05, 0.1) is 5.69 Å². The topological polar surface area (TPSA) is 79.4 Å². The second-order valence-electron chi connectivity index (χ2n) is 7.41. The van der Waals surface area contributed by atoms with Crippen molar-refractivity contribution < 1.29 is 0 Å². The van der Waals surface area contributed by atoms with E-state index in [1.54, 1.807) is 12.4 Å². The van der Waals surface area contributed by atoms with Crippen LogP contribution in [-0.4, -0.2) is 31.5 Å². The van der Waals surface area contributed by atoms with Crippen molar-refractivity contribution >= 4 is 16.7 Å². The molecule has 4 aromatic heterocycles. The zero-order valence-corrected chi connectivity index (χ0v) is 17.2. The van der Waals surface area contributed by atoms with Crippen molar-refractivity contribution in [1.82, 2.24) is 24.9 Å². The van der Waals surface area contributed by atoms with Crippen LogP contribution in [0.3, 0.4) is 0 Å². The van der Waals surface area contributed by atoms with Gasteiger partial charge < -0.3 is 10.3 Å². The van der Waals surface area contributed by atoms with Crippen LogP contribution in [0.15, 0.2) is 79.4 Å². The van der Waals surface area contributed by atoms with E-state index in [1.807, 2.05) is 42.6 Å². The number of aromatic nitrogens is 5. The van der Waals surface area contributed by atoms with Crippen LogP contribution in [0.4, 0.5) is 5.82 Å². The standard InChI is InChI=1S/C25H22N6/c1-17-6-4-9-20-24(17)19(16-29-20)10-13-28-23-14-22(18-7-5-11-26-15-18)30-25(31-23)21-8-2-3-12-27-21/h2-9,11-12,14-16,29H,10,13H2,1H3,(H,28,30,31). The number of hydrogen-bond acceptors (Lipinski definition) is 5. The summed E-state index contributed by atoms with van der Waals surface area (Å²) in [5.41, 5.74) is 6.25. The highest BCUT2D eigenvalue weighted by molar-refractivity contribution is 5.86. The number of pyridine rings is 2. The molecule has 6 heteroatoms. The Morgan fingerprint density at radius 2 is 1.90 bits per heavy atom. The SMILES string of the molecule is Cc1cccc2[nH]cc(CCNc3cc(-c4cccnc4)nc(-c4ccccn4)n3)c12. The lowest BCUT2D eigenvalue weighted by Gasteiger charge is -2.10.